The van der Waals surface area contributed by atoms with Gasteiger partial charge in [-0.05, 0) is 42.1 Å². The number of ketones is 1. The highest BCUT2D eigenvalue weighted by molar-refractivity contribution is 9.10. The Bertz CT molecular complexity index is 447. The molecule has 4 heteroatoms. The molecule has 2 rings (SSSR count). The zero-order valence-electron chi connectivity index (χ0n) is 10.7. The van der Waals surface area contributed by atoms with E-state index in [1.54, 1.807) is 0 Å². The number of Topliss-reactive ketones (excluding diaryl/α,β-unsaturated/α-hetero) is 1. The Kier molecular flexibility index (Phi) is 3.43. The summed E-state index contributed by atoms with van der Waals surface area (Å²) in [5, 5.41) is 4.52. The molecule has 0 N–H and O–H groups in total. The molecule has 94 valence electrons. The average Bonchev–Trinajstić information content (AvgIpc) is 2.99. The molecule has 1 fully saturated rings. The summed E-state index contributed by atoms with van der Waals surface area (Å²) < 4.78 is 2.98. The molecule has 0 saturated heterocycles. The minimum atomic E-state index is -0.0470. The Labute approximate surface area is 111 Å². The lowest BCUT2D eigenvalue weighted by Crippen LogP contribution is -2.17. The van der Waals surface area contributed by atoms with Crippen LogP contribution in [0.1, 0.15) is 45.0 Å². The third-order valence-electron chi connectivity index (χ3n) is 3.70. The molecule has 17 heavy (non-hydrogen) atoms. The molecule has 1 aromatic heterocycles. The second kappa shape index (κ2) is 4.56. The topological polar surface area (TPSA) is 34.9 Å². The van der Waals surface area contributed by atoms with Crippen molar-refractivity contribution in [1.29, 1.82) is 0 Å². The van der Waals surface area contributed by atoms with Crippen molar-refractivity contribution in [3.8, 4) is 0 Å². The number of rotatable bonds is 5. The first kappa shape index (κ1) is 12.8. The number of carbonyl (C=O) groups excluding carboxylic acids is 1. The van der Waals surface area contributed by atoms with Crippen molar-refractivity contribution in [2.75, 3.05) is 0 Å². The molecule has 0 aromatic carbocycles. The van der Waals surface area contributed by atoms with E-state index in [1.807, 2.05) is 4.68 Å². The Morgan fingerprint density at radius 2 is 2.12 bits per heavy atom. The first-order valence-electron chi connectivity index (χ1n) is 6.29. The molecule has 1 aliphatic carbocycles. The van der Waals surface area contributed by atoms with Gasteiger partial charge in [-0.2, -0.15) is 5.10 Å². The van der Waals surface area contributed by atoms with Gasteiger partial charge < -0.3 is 0 Å². The number of carbonyl (C=O) groups is 1. The molecule has 0 spiro atoms. The highest BCUT2D eigenvalue weighted by Gasteiger charge is 2.44. The normalized spacial score (nSPS) is 17.2. The average molecular weight is 299 g/mol. The van der Waals surface area contributed by atoms with E-state index >= 15 is 0 Å². The summed E-state index contributed by atoms with van der Waals surface area (Å²) in [5.41, 5.74) is 2.05. The van der Waals surface area contributed by atoms with Crippen LogP contribution in [0.2, 0.25) is 0 Å². The molecule has 0 aliphatic heterocycles. The standard InChI is InChI=1S/C13H19BrN2O/c1-4-9-12(14)10(16(5-2)15-9)8-11(17)13(3)6-7-13/h4-8H2,1-3H3. The predicted octanol–water partition coefficient (Wildman–Crippen LogP) is 3.14. The van der Waals surface area contributed by atoms with Crippen LogP contribution in [0, 0.1) is 5.41 Å². The first-order chi connectivity index (χ1) is 8.01. The largest absolute Gasteiger partial charge is 0.299 e. The van der Waals surface area contributed by atoms with Gasteiger partial charge in [0.15, 0.2) is 0 Å². The van der Waals surface area contributed by atoms with Crippen LogP contribution in [0.3, 0.4) is 0 Å². The van der Waals surface area contributed by atoms with Gasteiger partial charge in [0.1, 0.15) is 5.78 Å². The van der Waals surface area contributed by atoms with E-state index in [0.29, 0.717) is 12.2 Å². The highest BCUT2D eigenvalue weighted by atomic mass is 79.9. The number of halogens is 1. The van der Waals surface area contributed by atoms with E-state index in [1.165, 1.54) is 0 Å². The molecule has 0 unspecified atom stereocenters. The van der Waals surface area contributed by atoms with E-state index < -0.39 is 0 Å². The quantitative estimate of drug-likeness (QED) is 0.837. The van der Waals surface area contributed by atoms with Crippen molar-refractivity contribution in [2.24, 2.45) is 5.41 Å². The lowest BCUT2D eigenvalue weighted by molar-refractivity contribution is -0.123. The van der Waals surface area contributed by atoms with Gasteiger partial charge in [0.25, 0.3) is 0 Å². The highest BCUT2D eigenvalue weighted by Crippen LogP contribution is 2.46. The number of hydrogen-bond donors (Lipinski definition) is 0. The van der Waals surface area contributed by atoms with Crippen LogP contribution >= 0.6 is 15.9 Å². The third kappa shape index (κ3) is 2.32. The fourth-order valence-electron chi connectivity index (χ4n) is 2.02. The summed E-state index contributed by atoms with van der Waals surface area (Å²) in [5.74, 6) is 0.357. The molecule has 1 aromatic rings. The Morgan fingerprint density at radius 3 is 2.59 bits per heavy atom. The summed E-state index contributed by atoms with van der Waals surface area (Å²) >= 11 is 3.58. The van der Waals surface area contributed by atoms with Gasteiger partial charge in [0.05, 0.1) is 22.3 Å². The molecular formula is C13H19BrN2O. The summed E-state index contributed by atoms with van der Waals surface area (Å²) in [7, 11) is 0. The Hall–Kier alpha value is -0.640. The maximum absolute atomic E-state index is 12.2. The van der Waals surface area contributed by atoms with Crippen LogP contribution < -0.4 is 0 Å². The van der Waals surface area contributed by atoms with Gasteiger partial charge in [-0.1, -0.05) is 13.8 Å². The number of aryl methyl sites for hydroxylation is 2. The van der Waals surface area contributed by atoms with E-state index in [-0.39, 0.29) is 5.41 Å². The maximum atomic E-state index is 12.2. The van der Waals surface area contributed by atoms with E-state index in [0.717, 1.165) is 41.7 Å². The minimum Gasteiger partial charge on any atom is -0.299 e. The van der Waals surface area contributed by atoms with E-state index in [2.05, 4.69) is 41.8 Å². The minimum absolute atomic E-state index is 0.0470. The fourth-order valence-corrected chi connectivity index (χ4v) is 2.72. The van der Waals surface area contributed by atoms with Crippen molar-refractivity contribution >= 4 is 21.7 Å². The first-order valence-corrected chi connectivity index (χ1v) is 7.08. The summed E-state index contributed by atoms with van der Waals surface area (Å²) in [6.45, 7) is 7.03. The second-order valence-electron chi connectivity index (χ2n) is 5.04. The monoisotopic (exact) mass is 298 g/mol. The van der Waals surface area contributed by atoms with Gasteiger partial charge in [0, 0.05) is 12.0 Å². The maximum Gasteiger partial charge on any atom is 0.144 e. The van der Waals surface area contributed by atoms with Crippen molar-refractivity contribution < 1.29 is 4.79 Å². The van der Waals surface area contributed by atoms with Crippen LogP contribution in [-0.2, 0) is 24.2 Å². The van der Waals surface area contributed by atoms with Crippen LogP contribution in [0.15, 0.2) is 4.47 Å². The van der Waals surface area contributed by atoms with Gasteiger partial charge >= 0.3 is 0 Å². The zero-order chi connectivity index (χ0) is 12.6. The summed E-state index contributed by atoms with van der Waals surface area (Å²) in [6.07, 6.45) is 3.50. The number of hydrogen-bond acceptors (Lipinski definition) is 2. The number of nitrogens with zero attached hydrogens (tertiary/aromatic N) is 2. The molecule has 0 bridgehead atoms. The van der Waals surface area contributed by atoms with Gasteiger partial charge in [-0.3, -0.25) is 9.48 Å². The van der Waals surface area contributed by atoms with Gasteiger partial charge in [-0.15, -0.1) is 0 Å². The summed E-state index contributed by atoms with van der Waals surface area (Å²) in [4.78, 5) is 12.2. The van der Waals surface area contributed by atoms with Crippen LogP contribution in [0.4, 0.5) is 0 Å². The Morgan fingerprint density at radius 1 is 1.47 bits per heavy atom. The molecule has 0 atom stereocenters. The smallest absolute Gasteiger partial charge is 0.144 e. The predicted molar refractivity (Wildman–Crippen MR) is 71.0 cm³/mol. The van der Waals surface area contributed by atoms with Crippen LogP contribution in [0.25, 0.3) is 0 Å². The molecule has 3 nitrogen and oxygen atoms in total. The van der Waals surface area contributed by atoms with Crippen molar-refractivity contribution in [2.45, 2.75) is 53.0 Å². The summed E-state index contributed by atoms with van der Waals surface area (Å²) in [6, 6.07) is 0. The Balaban J connectivity index is 2.25. The van der Waals surface area contributed by atoms with Crippen molar-refractivity contribution in [3.05, 3.63) is 15.9 Å². The zero-order valence-corrected chi connectivity index (χ0v) is 12.3. The lowest BCUT2D eigenvalue weighted by Gasteiger charge is -2.09. The van der Waals surface area contributed by atoms with E-state index in [4.69, 9.17) is 0 Å². The third-order valence-corrected chi connectivity index (χ3v) is 4.61. The van der Waals surface area contributed by atoms with E-state index in [9.17, 15) is 4.79 Å². The van der Waals surface area contributed by atoms with Crippen molar-refractivity contribution in [1.82, 2.24) is 9.78 Å². The molecule has 0 amide bonds. The SMILES string of the molecule is CCc1nn(CC)c(CC(=O)C2(C)CC2)c1Br. The van der Waals surface area contributed by atoms with Gasteiger partial charge in [-0.25, -0.2) is 0 Å². The second-order valence-corrected chi connectivity index (χ2v) is 5.83. The molecule has 1 saturated carbocycles. The molecule has 0 radical (unpaired) electrons. The lowest BCUT2D eigenvalue weighted by atomic mass is 9.99. The molecule has 1 heterocycles. The number of aromatic nitrogens is 2. The van der Waals surface area contributed by atoms with Crippen molar-refractivity contribution in [3.63, 3.8) is 0 Å². The molecular weight excluding hydrogens is 280 g/mol. The fraction of sp³-hybridized carbons (Fsp3) is 0.692. The molecule has 1 aliphatic rings. The van der Waals surface area contributed by atoms with Crippen LogP contribution in [0.5, 0.6) is 0 Å². The van der Waals surface area contributed by atoms with Crippen LogP contribution in [-0.4, -0.2) is 15.6 Å². The van der Waals surface area contributed by atoms with Gasteiger partial charge in [0.2, 0.25) is 0 Å².